The average molecular weight is 335 g/mol. The van der Waals surface area contributed by atoms with Gasteiger partial charge in [0.1, 0.15) is 6.33 Å². The van der Waals surface area contributed by atoms with Gasteiger partial charge in [0.05, 0.1) is 17.0 Å². The molecule has 1 aliphatic heterocycles. The van der Waals surface area contributed by atoms with Crippen molar-refractivity contribution in [2.75, 3.05) is 38.1 Å². The van der Waals surface area contributed by atoms with Gasteiger partial charge in [-0.1, -0.05) is 12.1 Å². The molecule has 3 aromatic rings. The fourth-order valence-electron chi connectivity index (χ4n) is 3.25. The van der Waals surface area contributed by atoms with Gasteiger partial charge in [0.25, 0.3) is 0 Å². The molecule has 0 saturated carbocycles. The Morgan fingerprint density at radius 1 is 1.04 bits per heavy atom. The summed E-state index contributed by atoms with van der Waals surface area (Å²) in [6.07, 6.45) is 1.73. The van der Waals surface area contributed by atoms with Crippen LogP contribution >= 0.6 is 0 Å². The molecule has 1 fully saturated rings. The Hall–Kier alpha value is -2.86. The zero-order valence-electron chi connectivity index (χ0n) is 14.1. The maximum atomic E-state index is 11.0. The topological polar surface area (TPSA) is 64.4 Å². The lowest BCUT2D eigenvalue weighted by atomic mass is 10.2. The van der Waals surface area contributed by atoms with Crippen molar-refractivity contribution in [2.45, 2.75) is 0 Å². The number of aromatic carboxylic acids is 1. The number of aromatic nitrogens is 2. The number of benzene rings is 2. The predicted molar refractivity (Wildman–Crippen MR) is 95.1 cm³/mol. The number of hydrogen-bond acceptors (Lipinski definition) is 5. The largest absolute Gasteiger partial charge is 0.545 e. The van der Waals surface area contributed by atoms with Crippen molar-refractivity contribution in [3.05, 3.63) is 54.4 Å². The molecule has 6 heteroatoms. The highest BCUT2D eigenvalue weighted by Crippen LogP contribution is 2.24. The summed E-state index contributed by atoms with van der Waals surface area (Å²) in [6, 6.07) is 13.2. The van der Waals surface area contributed by atoms with Crippen LogP contribution in [0.3, 0.4) is 0 Å². The maximum Gasteiger partial charge on any atom is 0.100 e. The monoisotopic (exact) mass is 335 g/mol. The molecule has 0 spiro atoms. The SMILES string of the molecule is CN1CCN(c2cccc(-n3cnc4cc(C(=O)[O-])ccc43)c2)CC1. The quantitative estimate of drug-likeness (QED) is 0.718. The van der Waals surface area contributed by atoms with Crippen molar-refractivity contribution in [3.8, 4) is 5.69 Å². The van der Waals surface area contributed by atoms with Crippen LogP contribution in [0.25, 0.3) is 16.7 Å². The first-order chi connectivity index (χ1) is 12.1. The molecule has 1 aromatic heterocycles. The molecule has 0 amide bonds. The Morgan fingerprint density at radius 2 is 1.80 bits per heavy atom. The molecular formula is C19H19N4O2-. The molecule has 128 valence electrons. The molecule has 0 unspecified atom stereocenters. The summed E-state index contributed by atoms with van der Waals surface area (Å²) < 4.78 is 1.98. The standard InChI is InChI=1S/C19H20N4O2/c1-21-7-9-22(10-8-21)15-3-2-4-16(12-15)23-13-20-17-11-14(19(24)25)5-6-18(17)23/h2-6,11-13H,7-10H2,1H3,(H,24,25)/p-1. The lowest BCUT2D eigenvalue weighted by molar-refractivity contribution is -0.255. The van der Waals surface area contributed by atoms with Crippen molar-refractivity contribution in [1.29, 1.82) is 0 Å². The Kier molecular flexibility index (Phi) is 3.89. The first-order valence-corrected chi connectivity index (χ1v) is 8.34. The van der Waals surface area contributed by atoms with Gasteiger partial charge in [-0.2, -0.15) is 0 Å². The molecule has 4 rings (SSSR count). The third-order valence-corrected chi connectivity index (χ3v) is 4.76. The van der Waals surface area contributed by atoms with Crippen molar-refractivity contribution in [1.82, 2.24) is 14.5 Å². The van der Waals surface area contributed by atoms with E-state index in [0.29, 0.717) is 5.52 Å². The highest BCUT2D eigenvalue weighted by atomic mass is 16.4. The summed E-state index contributed by atoms with van der Waals surface area (Å²) >= 11 is 0. The van der Waals surface area contributed by atoms with E-state index in [1.165, 1.54) is 5.69 Å². The third-order valence-electron chi connectivity index (χ3n) is 4.76. The highest BCUT2D eigenvalue weighted by Gasteiger charge is 2.15. The zero-order chi connectivity index (χ0) is 17.4. The molecule has 0 atom stereocenters. The van der Waals surface area contributed by atoms with E-state index < -0.39 is 5.97 Å². The van der Waals surface area contributed by atoms with Gasteiger partial charge in [0.2, 0.25) is 0 Å². The first kappa shape index (κ1) is 15.7. The van der Waals surface area contributed by atoms with Gasteiger partial charge in [-0.15, -0.1) is 0 Å². The van der Waals surface area contributed by atoms with Crippen molar-refractivity contribution >= 4 is 22.7 Å². The fourth-order valence-corrected chi connectivity index (χ4v) is 3.25. The number of fused-ring (bicyclic) bond motifs is 1. The first-order valence-electron chi connectivity index (χ1n) is 8.34. The molecular weight excluding hydrogens is 316 g/mol. The van der Waals surface area contributed by atoms with Gasteiger partial charge < -0.3 is 19.7 Å². The second-order valence-electron chi connectivity index (χ2n) is 6.42. The summed E-state index contributed by atoms with van der Waals surface area (Å²) in [5.41, 5.74) is 3.87. The summed E-state index contributed by atoms with van der Waals surface area (Å²) in [7, 11) is 2.15. The number of likely N-dealkylation sites (N-methyl/N-ethyl adjacent to an activating group) is 1. The summed E-state index contributed by atoms with van der Waals surface area (Å²) in [5, 5.41) is 11.0. The second kappa shape index (κ2) is 6.22. The van der Waals surface area contributed by atoms with Crippen LogP contribution in [0.2, 0.25) is 0 Å². The van der Waals surface area contributed by atoms with Crippen molar-refractivity contribution in [3.63, 3.8) is 0 Å². The van der Waals surface area contributed by atoms with Crippen LogP contribution in [0.15, 0.2) is 48.8 Å². The van der Waals surface area contributed by atoms with Crippen LogP contribution in [0.5, 0.6) is 0 Å². The summed E-state index contributed by atoms with van der Waals surface area (Å²) in [5.74, 6) is -1.19. The van der Waals surface area contributed by atoms with Gasteiger partial charge in [-0.3, -0.25) is 4.57 Å². The third kappa shape index (κ3) is 2.96. The van der Waals surface area contributed by atoms with Crippen LogP contribution in [0, 0.1) is 0 Å². The minimum Gasteiger partial charge on any atom is -0.545 e. The van der Waals surface area contributed by atoms with Crippen LogP contribution < -0.4 is 10.0 Å². The number of piperazine rings is 1. The Bertz CT molecular complexity index is 926. The maximum absolute atomic E-state index is 11.0. The van der Waals surface area contributed by atoms with Crippen LogP contribution in [0.4, 0.5) is 5.69 Å². The predicted octanol–water partition coefficient (Wildman–Crippen LogP) is 1.14. The number of carboxylic acid groups (broad SMARTS) is 1. The lowest BCUT2D eigenvalue weighted by Crippen LogP contribution is -2.44. The Balaban J connectivity index is 1.69. The van der Waals surface area contributed by atoms with E-state index in [1.807, 2.05) is 16.7 Å². The molecule has 25 heavy (non-hydrogen) atoms. The smallest absolute Gasteiger partial charge is 0.100 e. The molecule has 0 radical (unpaired) electrons. The van der Waals surface area contributed by atoms with Crippen molar-refractivity contribution in [2.24, 2.45) is 0 Å². The van der Waals surface area contributed by atoms with Gasteiger partial charge in [0.15, 0.2) is 0 Å². The van der Waals surface area contributed by atoms with Crippen LogP contribution in [-0.2, 0) is 0 Å². The molecule has 2 heterocycles. The average Bonchev–Trinajstić information content (AvgIpc) is 3.05. The van der Waals surface area contributed by atoms with E-state index in [1.54, 1.807) is 24.5 Å². The molecule has 2 aromatic carbocycles. The molecule has 0 bridgehead atoms. The van der Waals surface area contributed by atoms with E-state index in [0.717, 1.165) is 37.4 Å². The van der Waals surface area contributed by atoms with Crippen molar-refractivity contribution < 1.29 is 9.90 Å². The molecule has 1 saturated heterocycles. The van der Waals surface area contributed by atoms with E-state index >= 15 is 0 Å². The summed E-state index contributed by atoms with van der Waals surface area (Å²) in [6.45, 7) is 4.15. The minimum absolute atomic E-state index is 0.143. The van der Waals surface area contributed by atoms with Crippen LogP contribution in [0.1, 0.15) is 10.4 Å². The Labute approximate surface area is 145 Å². The molecule has 6 nitrogen and oxygen atoms in total. The molecule has 0 aliphatic carbocycles. The Morgan fingerprint density at radius 3 is 2.56 bits per heavy atom. The second-order valence-corrected chi connectivity index (χ2v) is 6.42. The lowest BCUT2D eigenvalue weighted by Gasteiger charge is -2.34. The molecule has 0 N–H and O–H groups in total. The van der Waals surface area contributed by atoms with Gasteiger partial charge in [0, 0.05) is 37.6 Å². The fraction of sp³-hybridized carbons (Fsp3) is 0.263. The normalized spacial score (nSPS) is 15.6. The van der Waals surface area contributed by atoms with E-state index in [-0.39, 0.29) is 5.56 Å². The zero-order valence-corrected chi connectivity index (χ0v) is 14.1. The number of carboxylic acids is 1. The van der Waals surface area contributed by atoms with E-state index in [9.17, 15) is 9.90 Å². The number of rotatable bonds is 3. The highest BCUT2D eigenvalue weighted by molar-refractivity contribution is 5.91. The number of anilines is 1. The van der Waals surface area contributed by atoms with Gasteiger partial charge in [-0.05, 0) is 42.9 Å². The minimum atomic E-state index is -1.19. The number of carbonyl (C=O) groups is 1. The van der Waals surface area contributed by atoms with E-state index in [4.69, 9.17) is 0 Å². The molecule has 1 aliphatic rings. The number of nitrogens with zero attached hydrogens (tertiary/aromatic N) is 4. The van der Waals surface area contributed by atoms with Crippen LogP contribution in [-0.4, -0.2) is 53.6 Å². The van der Waals surface area contributed by atoms with E-state index in [2.05, 4.69) is 34.0 Å². The number of imidazole rings is 1. The van der Waals surface area contributed by atoms with Gasteiger partial charge in [-0.25, -0.2) is 4.98 Å². The summed E-state index contributed by atoms with van der Waals surface area (Å²) in [4.78, 5) is 20.1. The number of hydrogen-bond donors (Lipinski definition) is 0. The van der Waals surface area contributed by atoms with Gasteiger partial charge >= 0.3 is 0 Å². The number of carbonyl (C=O) groups excluding carboxylic acids is 1.